The average Bonchev–Trinajstić information content (AvgIpc) is 2.63. The van der Waals surface area contributed by atoms with Gasteiger partial charge in [0.05, 0.1) is 23.3 Å². The lowest BCUT2D eigenvalue weighted by Gasteiger charge is -2.10. The Morgan fingerprint density at radius 1 is 0.885 bits per heavy atom. The predicted octanol–water partition coefficient (Wildman–Crippen LogP) is 4.63. The van der Waals surface area contributed by atoms with Gasteiger partial charge in [0.15, 0.2) is 0 Å². The fraction of sp³-hybridized carbons (Fsp3) is 0.263. The molecule has 0 heterocycles. The third kappa shape index (κ3) is 5.08. The van der Waals surface area contributed by atoms with Crippen LogP contribution < -0.4 is 0 Å². The van der Waals surface area contributed by atoms with E-state index in [-0.39, 0.29) is 24.3 Å². The third-order valence-electron chi connectivity index (χ3n) is 3.46. The van der Waals surface area contributed by atoms with E-state index < -0.39 is 23.7 Å². The highest BCUT2D eigenvalue weighted by molar-refractivity contribution is 6.03. The van der Waals surface area contributed by atoms with E-state index in [9.17, 15) is 22.8 Å². The van der Waals surface area contributed by atoms with Crippen LogP contribution in [-0.2, 0) is 22.3 Å². The molecule has 0 saturated carbocycles. The number of halogens is 3. The van der Waals surface area contributed by atoms with E-state index in [1.807, 2.05) is 6.92 Å². The van der Waals surface area contributed by atoms with Crippen LogP contribution >= 0.6 is 0 Å². The van der Waals surface area contributed by atoms with Crippen molar-refractivity contribution >= 4 is 11.9 Å². The van der Waals surface area contributed by atoms with Gasteiger partial charge in [-0.2, -0.15) is 13.2 Å². The van der Waals surface area contributed by atoms with Crippen LogP contribution in [0.4, 0.5) is 13.2 Å². The molecule has 2 aromatic carbocycles. The zero-order valence-corrected chi connectivity index (χ0v) is 14.0. The quantitative estimate of drug-likeness (QED) is 0.700. The minimum Gasteiger partial charge on any atom is -0.462 e. The Balaban J connectivity index is 2.05. The first-order valence-corrected chi connectivity index (χ1v) is 7.92. The number of benzene rings is 2. The molecule has 7 heteroatoms. The number of carbonyl (C=O) groups is 2. The zero-order chi connectivity index (χ0) is 19.2. The topological polar surface area (TPSA) is 52.6 Å². The first-order chi connectivity index (χ1) is 12.3. The number of ether oxygens (including phenoxy) is 2. The van der Waals surface area contributed by atoms with Gasteiger partial charge >= 0.3 is 18.1 Å². The molecule has 4 nitrogen and oxygen atoms in total. The van der Waals surface area contributed by atoms with E-state index in [0.717, 1.165) is 12.1 Å². The summed E-state index contributed by atoms with van der Waals surface area (Å²) in [5, 5.41) is 0. The van der Waals surface area contributed by atoms with Crippen molar-refractivity contribution in [3.63, 3.8) is 0 Å². The van der Waals surface area contributed by atoms with E-state index >= 15 is 0 Å². The van der Waals surface area contributed by atoms with Crippen LogP contribution in [0, 0.1) is 0 Å². The molecule has 0 unspecified atom stereocenters. The van der Waals surface area contributed by atoms with E-state index in [4.69, 9.17) is 9.47 Å². The Labute approximate surface area is 148 Å². The highest BCUT2D eigenvalue weighted by Crippen LogP contribution is 2.29. The maximum Gasteiger partial charge on any atom is 0.416 e. The second-order valence-corrected chi connectivity index (χ2v) is 5.45. The summed E-state index contributed by atoms with van der Waals surface area (Å²) >= 11 is 0. The van der Waals surface area contributed by atoms with E-state index in [1.165, 1.54) is 24.3 Å². The van der Waals surface area contributed by atoms with Crippen LogP contribution in [0.3, 0.4) is 0 Å². The van der Waals surface area contributed by atoms with Gasteiger partial charge in [0, 0.05) is 0 Å². The molecule has 0 spiro atoms. The Morgan fingerprint density at radius 2 is 1.42 bits per heavy atom. The van der Waals surface area contributed by atoms with Gasteiger partial charge in [0.1, 0.15) is 6.61 Å². The predicted molar refractivity (Wildman–Crippen MR) is 87.6 cm³/mol. The van der Waals surface area contributed by atoms with E-state index in [2.05, 4.69) is 0 Å². The van der Waals surface area contributed by atoms with Crippen molar-refractivity contribution in [2.45, 2.75) is 26.1 Å². The fourth-order valence-corrected chi connectivity index (χ4v) is 2.13. The first-order valence-electron chi connectivity index (χ1n) is 7.92. The maximum atomic E-state index is 12.5. The molecule has 0 aliphatic rings. The molecule has 0 bridgehead atoms. The lowest BCUT2D eigenvalue weighted by Crippen LogP contribution is -2.14. The van der Waals surface area contributed by atoms with Gasteiger partial charge < -0.3 is 9.47 Å². The lowest BCUT2D eigenvalue weighted by molar-refractivity contribution is -0.137. The molecule has 0 aliphatic carbocycles. The van der Waals surface area contributed by atoms with E-state index in [0.29, 0.717) is 12.0 Å². The standard InChI is InChI=1S/C19H17F3O4/c1-2-11-25-17(23)15-5-3-4-6-16(15)18(24)26-12-13-7-9-14(10-8-13)19(20,21)22/h3-10H,2,11-12H2,1H3. The van der Waals surface area contributed by atoms with Gasteiger partial charge in [-0.15, -0.1) is 0 Å². The second-order valence-electron chi connectivity index (χ2n) is 5.45. The Morgan fingerprint density at radius 3 is 1.92 bits per heavy atom. The van der Waals surface area contributed by atoms with Crippen molar-refractivity contribution in [3.05, 3.63) is 70.8 Å². The Hall–Kier alpha value is -2.83. The van der Waals surface area contributed by atoms with Crippen molar-refractivity contribution < 1.29 is 32.2 Å². The van der Waals surface area contributed by atoms with Crippen LogP contribution in [0.5, 0.6) is 0 Å². The molecule has 26 heavy (non-hydrogen) atoms. The molecule has 0 fully saturated rings. The molecule has 2 rings (SSSR count). The van der Waals surface area contributed by atoms with Gasteiger partial charge in [-0.05, 0) is 36.2 Å². The van der Waals surface area contributed by atoms with Crippen LogP contribution in [0.25, 0.3) is 0 Å². The van der Waals surface area contributed by atoms with Crippen molar-refractivity contribution in [1.82, 2.24) is 0 Å². The number of carbonyl (C=O) groups excluding carboxylic acids is 2. The van der Waals surface area contributed by atoms with Crippen molar-refractivity contribution in [2.24, 2.45) is 0 Å². The summed E-state index contributed by atoms with van der Waals surface area (Å²) in [5.41, 5.74) is -0.257. The summed E-state index contributed by atoms with van der Waals surface area (Å²) in [5.74, 6) is -1.39. The second kappa shape index (κ2) is 8.51. The highest BCUT2D eigenvalue weighted by Gasteiger charge is 2.30. The van der Waals surface area contributed by atoms with Gasteiger partial charge in [-0.1, -0.05) is 31.2 Å². The summed E-state index contributed by atoms with van der Waals surface area (Å²) in [6, 6.07) is 10.3. The van der Waals surface area contributed by atoms with Gasteiger partial charge in [0.2, 0.25) is 0 Å². The SMILES string of the molecule is CCCOC(=O)c1ccccc1C(=O)OCc1ccc(C(F)(F)F)cc1. The van der Waals surface area contributed by atoms with Gasteiger partial charge in [-0.25, -0.2) is 9.59 Å². The zero-order valence-electron chi connectivity index (χ0n) is 14.0. The minimum absolute atomic E-state index is 0.0421. The molecule has 0 radical (unpaired) electrons. The smallest absolute Gasteiger partial charge is 0.416 e. The number of hydrogen-bond acceptors (Lipinski definition) is 4. The molecule has 138 valence electrons. The molecular weight excluding hydrogens is 349 g/mol. The van der Waals surface area contributed by atoms with Gasteiger partial charge in [-0.3, -0.25) is 0 Å². The third-order valence-corrected chi connectivity index (χ3v) is 3.46. The number of rotatable bonds is 6. The summed E-state index contributed by atoms with van der Waals surface area (Å²) in [6.45, 7) is 1.86. The fourth-order valence-electron chi connectivity index (χ4n) is 2.13. The number of hydrogen-bond donors (Lipinski definition) is 0. The highest BCUT2D eigenvalue weighted by atomic mass is 19.4. The summed E-state index contributed by atoms with van der Waals surface area (Å²) < 4.78 is 47.7. The normalized spacial score (nSPS) is 11.1. The molecule has 0 aliphatic heterocycles. The molecule has 0 amide bonds. The molecule has 0 N–H and O–H groups in total. The van der Waals surface area contributed by atoms with E-state index in [1.54, 1.807) is 12.1 Å². The van der Waals surface area contributed by atoms with Gasteiger partial charge in [0.25, 0.3) is 0 Å². The van der Waals surface area contributed by atoms with Crippen LogP contribution in [0.15, 0.2) is 48.5 Å². The average molecular weight is 366 g/mol. The van der Waals surface area contributed by atoms with Crippen molar-refractivity contribution in [2.75, 3.05) is 6.61 Å². The summed E-state index contributed by atoms with van der Waals surface area (Å²) in [7, 11) is 0. The monoisotopic (exact) mass is 366 g/mol. The van der Waals surface area contributed by atoms with Crippen LogP contribution in [-0.4, -0.2) is 18.5 Å². The summed E-state index contributed by atoms with van der Waals surface area (Å²) in [6.07, 6.45) is -3.78. The summed E-state index contributed by atoms with van der Waals surface area (Å²) in [4.78, 5) is 24.2. The largest absolute Gasteiger partial charge is 0.462 e. The molecule has 0 atom stereocenters. The molecule has 0 saturated heterocycles. The van der Waals surface area contributed by atoms with Crippen LogP contribution in [0.1, 0.15) is 45.2 Å². The minimum atomic E-state index is -4.42. The molecular formula is C19H17F3O4. The number of esters is 2. The molecule has 0 aromatic heterocycles. The Bertz CT molecular complexity index is 767. The Kier molecular flexibility index (Phi) is 6.38. The number of alkyl halides is 3. The van der Waals surface area contributed by atoms with Crippen molar-refractivity contribution in [3.8, 4) is 0 Å². The first kappa shape index (κ1) is 19.5. The van der Waals surface area contributed by atoms with Crippen LogP contribution in [0.2, 0.25) is 0 Å². The maximum absolute atomic E-state index is 12.5. The molecule has 2 aromatic rings. The lowest BCUT2D eigenvalue weighted by atomic mass is 10.1. The van der Waals surface area contributed by atoms with Crippen molar-refractivity contribution in [1.29, 1.82) is 0 Å².